The van der Waals surface area contributed by atoms with Crippen LogP contribution in [0.25, 0.3) is 0 Å². The van der Waals surface area contributed by atoms with Gasteiger partial charge in [0.15, 0.2) is 0 Å². The van der Waals surface area contributed by atoms with Crippen LogP contribution in [0.15, 0.2) is 24.3 Å². The Morgan fingerprint density at radius 1 is 1.20 bits per heavy atom. The van der Waals surface area contributed by atoms with E-state index >= 15 is 0 Å². The molecule has 1 aliphatic heterocycles. The smallest absolute Gasteiger partial charge is 0.0842 e. The van der Waals surface area contributed by atoms with Gasteiger partial charge in [-0.15, -0.1) is 0 Å². The lowest BCUT2D eigenvalue weighted by Gasteiger charge is -2.30. The monoisotopic (exact) mass is 273 g/mol. The summed E-state index contributed by atoms with van der Waals surface area (Å²) in [5.41, 5.74) is 2.91. The Hall–Kier alpha value is -0.860. The second-order valence-electron chi connectivity index (χ2n) is 6.42. The van der Waals surface area contributed by atoms with Crippen molar-refractivity contribution in [2.75, 3.05) is 13.7 Å². The number of ether oxygens (including phenoxy) is 1. The predicted molar refractivity (Wildman–Crippen MR) is 82.9 cm³/mol. The molecule has 1 aromatic rings. The summed E-state index contributed by atoms with van der Waals surface area (Å²) >= 11 is 0. The van der Waals surface area contributed by atoms with Gasteiger partial charge < -0.3 is 10.1 Å². The van der Waals surface area contributed by atoms with Crippen LogP contribution in [-0.2, 0) is 11.2 Å². The topological polar surface area (TPSA) is 21.3 Å². The molecule has 1 aromatic carbocycles. The zero-order chi connectivity index (χ0) is 13.8. The molecule has 1 aliphatic carbocycles. The van der Waals surface area contributed by atoms with Crippen molar-refractivity contribution >= 4 is 0 Å². The van der Waals surface area contributed by atoms with Gasteiger partial charge in [0.25, 0.3) is 0 Å². The standard InChI is InChI=1S/C18H27NO/c1-19-16(12-14-6-2-3-7-14)13-18-17-9-5-4-8-15(17)10-11-20-18/h4-5,8-9,14,16,18-19H,2-3,6-7,10-13H2,1H3. The van der Waals surface area contributed by atoms with Crippen LogP contribution in [-0.4, -0.2) is 19.7 Å². The van der Waals surface area contributed by atoms with Crippen molar-refractivity contribution < 1.29 is 4.74 Å². The molecule has 0 bridgehead atoms. The van der Waals surface area contributed by atoms with Crippen LogP contribution in [0.3, 0.4) is 0 Å². The average molecular weight is 273 g/mol. The van der Waals surface area contributed by atoms with Gasteiger partial charge in [-0.2, -0.15) is 0 Å². The highest BCUT2D eigenvalue weighted by molar-refractivity contribution is 5.31. The molecule has 1 saturated carbocycles. The second kappa shape index (κ2) is 6.73. The maximum Gasteiger partial charge on any atom is 0.0842 e. The molecule has 110 valence electrons. The van der Waals surface area contributed by atoms with E-state index in [9.17, 15) is 0 Å². The molecular weight excluding hydrogens is 246 g/mol. The van der Waals surface area contributed by atoms with E-state index in [1.807, 2.05) is 0 Å². The Morgan fingerprint density at radius 2 is 2.00 bits per heavy atom. The minimum atomic E-state index is 0.291. The summed E-state index contributed by atoms with van der Waals surface area (Å²) in [5.74, 6) is 0.936. The zero-order valence-electron chi connectivity index (χ0n) is 12.6. The van der Waals surface area contributed by atoms with E-state index in [1.54, 1.807) is 0 Å². The van der Waals surface area contributed by atoms with Gasteiger partial charge in [0.1, 0.15) is 0 Å². The van der Waals surface area contributed by atoms with Crippen molar-refractivity contribution in [3.8, 4) is 0 Å². The molecule has 2 heteroatoms. The third kappa shape index (κ3) is 3.24. The van der Waals surface area contributed by atoms with Crippen LogP contribution < -0.4 is 5.32 Å². The van der Waals surface area contributed by atoms with Crippen LogP contribution in [0.4, 0.5) is 0 Å². The van der Waals surface area contributed by atoms with Crippen molar-refractivity contribution in [3.05, 3.63) is 35.4 Å². The molecule has 0 saturated heterocycles. The normalized spacial score (nSPS) is 24.6. The van der Waals surface area contributed by atoms with Gasteiger partial charge in [0.05, 0.1) is 12.7 Å². The average Bonchev–Trinajstić information content (AvgIpc) is 3.00. The second-order valence-corrected chi connectivity index (χ2v) is 6.42. The van der Waals surface area contributed by atoms with Crippen LogP contribution in [0.2, 0.25) is 0 Å². The van der Waals surface area contributed by atoms with Crippen molar-refractivity contribution in [2.24, 2.45) is 5.92 Å². The summed E-state index contributed by atoms with van der Waals surface area (Å²) in [6.45, 7) is 0.877. The molecule has 1 N–H and O–H groups in total. The van der Waals surface area contributed by atoms with Gasteiger partial charge in [0, 0.05) is 6.04 Å². The first-order valence-electron chi connectivity index (χ1n) is 8.23. The lowest BCUT2D eigenvalue weighted by molar-refractivity contribution is 0.0282. The van der Waals surface area contributed by atoms with E-state index < -0.39 is 0 Å². The third-order valence-electron chi connectivity index (χ3n) is 5.09. The Morgan fingerprint density at radius 3 is 2.80 bits per heavy atom. The third-order valence-corrected chi connectivity index (χ3v) is 5.09. The summed E-state index contributed by atoms with van der Waals surface area (Å²) in [4.78, 5) is 0. The first-order valence-corrected chi connectivity index (χ1v) is 8.23. The molecule has 0 amide bonds. The Labute approximate surface area is 122 Å². The highest BCUT2D eigenvalue weighted by Gasteiger charge is 2.26. The first kappa shape index (κ1) is 14.1. The van der Waals surface area contributed by atoms with Gasteiger partial charge in [-0.25, -0.2) is 0 Å². The van der Waals surface area contributed by atoms with Crippen molar-refractivity contribution in [1.82, 2.24) is 5.32 Å². The fourth-order valence-corrected chi connectivity index (χ4v) is 3.91. The van der Waals surface area contributed by atoms with Crippen molar-refractivity contribution in [2.45, 2.75) is 57.1 Å². The molecule has 20 heavy (non-hydrogen) atoms. The summed E-state index contributed by atoms with van der Waals surface area (Å²) in [5, 5.41) is 3.53. The zero-order valence-corrected chi connectivity index (χ0v) is 12.6. The minimum absolute atomic E-state index is 0.291. The van der Waals surface area contributed by atoms with Crippen LogP contribution >= 0.6 is 0 Å². The summed E-state index contributed by atoms with van der Waals surface area (Å²) in [6, 6.07) is 9.40. The van der Waals surface area contributed by atoms with E-state index in [0.717, 1.165) is 25.4 Å². The highest BCUT2D eigenvalue weighted by atomic mass is 16.5. The molecule has 2 nitrogen and oxygen atoms in total. The Bertz CT molecular complexity index is 425. The van der Waals surface area contributed by atoms with Gasteiger partial charge in [-0.1, -0.05) is 49.9 Å². The SMILES string of the molecule is CNC(CC1CCCC1)CC1OCCc2ccccc21. The molecule has 1 fully saturated rings. The Kier molecular flexibility index (Phi) is 4.74. The fourth-order valence-electron chi connectivity index (χ4n) is 3.91. The molecule has 3 rings (SSSR count). The first-order chi connectivity index (χ1) is 9.86. The Balaban J connectivity index is 1.64. The quantitative estimate of drug-likeness (QED) is 0.879. The van der Waals surface area contributed by atoms with Gasteiger partial charge in [-0.05, 0) is 43.4 Å². The summed E-state index contributed by atoms with van der Waals surface area (Å²) < 4.78 is 6.06. The summed E-state index contributed by atoms with van der Waals surface area (Å²) in [7, 11) is 2.11. The number of benzene rings is 1. The maximum absolute atomic E-state index is 6.06. The summed E-state index contributed by atoms with van der Waals surface area (Å²) in [6.07, 6.45) is 9.52. The molecular formula is C18H27NO. The van der Waals surface area contributed by atoms with Crippen LogP contribution in [0.5, 0.6) is 0 Å². The number of nitrogens with one attached hydrogen (secondary N) is 1. The highest BCUT2D eigenvalue weighted by Crippen LogP contribution is 2.34. The molecule has 2 unspecified atom stereocenters. The molecule has 0 aromatic heterocycles. The fraction of sp³-hybridized carbons (Fsp3) is 0.667. The molecule has 2 aliphatic rings. The van der Waals surface area contributed by atoms with Gasteiger partial charge >= 0.3 is 0 Å². The lowest BCUT2D eigenvalue weighted by Crippen LogP contribution is -2.31. The van der Waals surface area contributed by atoms with E-state index in [4.69, 9.17) is 4.74 Å². The minimum Gasteiger partial charge on any atom is -0.373 e. The van der Waals surface area contributed by atoms with Crippen molar-refractivity contribution in [3.63, 3.8) is 0 Å². The number of hydrogen-bond donors (Lipinski definition) is 1. The van der Waals surface area contributed by atoms with Gasteiger partial charge in [-0.3, -0.25) is 0 Å². The lowest BCUT2D eigenvalue weighted by atomic mass is 9.89. The van der Waals surface area contributed by atoms with E-state index in [-0.39, 0.29) is 0 Å². The van der Waals surface area contributed by atoms with Gasteiger partial charge in [0.2, 0.25) is 0 Å². The number of hydrogen-bond acceptors (Lipinski definition) is 2. The predicted octanol–water partition coefficient (Wildman–Crippen LogP) is 3.86. The largest absolute Gasteiger partial charge is 0.373 e. The molecule has 1 heterocycles. The molecule has 0 radical (unpaired) electrons. The van der Waals surface area contributed by atoms with Crippen molar-refractivity contribution in [1.29, 1.82) is 0 Å². The number of rotatable bonds is 5. The molecule has 0 spiro atoms. The van der Waals surface area contributed by atoms with Crippen LogP contribution in [0.1, 0.15) is 55.8 Å². The number of fused-ring (bicyclic) bond motifs is 1. The van der Waals surface area contributed by atoms with E-state index in [2.05, 4.69) is 36.6 Å². The van der Waals surface area contributed by atoms with E-state index in [0.29, 0.717) is 12.1 Å². The van der Waals surface area contributed by atoms with Crippen LogP contribution in [0, 0.1) is 5.92 Å². The van der Waals surface area contributed by atoms with E-state index in [1.165, 1.54) is 43.2 Å². The maximum atomic E-state index is 6.06. The molecule has 2 atom stereocenters.